The predicted molar refractivity (Wildman–Crippen MR) is 90.7 cm³/mol. The van der Waals surface area contributed by atoms with Crippen LogP contribution in [-0.2, 0) is 19.0 Å². The average Bonchev–Trinajstić information content (AvgIpc) is 3.36. The molecule has 2 aromatic heterocycles. The van der Waals surface area contributed by atoms with Gasteiger partial charge >= 0.3 is 5.97 Å². The topological polar surface area (TPSA) is 141 Å². The highest BCUT2D eigenvalue weighted by molar-refractivity contribution is 5.82. The van der Waals surface area contributed by atoms with E-state index in [0.29, 0.717) is 30.2 Å². The lowest BCUT2D eigenvalue weighted by atomic mass is 10.1. The third kappa shape index (κ3) is 3.46. The standard InChI is InChI=1S/C16H21N5O6/c1-8(22)26-5-10-12(23)13(24)16(27-10)21-7-19-11-14(17-6-18-15(11)21)20-9-2-3-25-4-9/h6-7,9-10,12-13,16,23-24H,2-5H2,1H3,(H,17,18,20)/t9?,10-,12-,13-,16?/m1/s1. The van der Waals surface area contributed by atoms with Crippen LogP contribution in [0.5, 0.6) is 0 Å². The van der Waals surface area contributed by atoms with Crippen molar-refractivity contribution in [1.82, 2.24) is 19.5 Å². The number of imidazole rings is 1. The molecule has 11 nitrogen and oxygen atoms in total. The first kappa shape index (κ1) is 18.0. The van der Waals surface area contributed by atoms with E-state index in [0.717, 1.165) is 6.42 Å². The maximum Gasteiger partial charge on any atom is 0.302 e. The van der Waals surface area contributed by atoms with Crippen LogP contribution in [0.4, 0.5) is 5.82 Å². The summed E-state index contributed by atoms with van der Waals surface area (Å²) in [6.07, 6.45) is -0.443. The number of carbonyl (C=O) groups excluding carboxylic acids is 1. The molecule has 2 unspecified atom stereocenters. The van der Waals surface area contributed by atoms with Gasteiger partial charge in [-0.3, -0.25) is 9.36 Å². The molecule has 27 heavy (non-hydrogen) atoms. The van der Waals surface area contributed by atoms with E-state index >= 15 is 0 Å². The van der Waals surface area contributed by atoms with Crippen molar-refractivity contribution in [3.8, 4) is 0 Å². The third-order valence-electron chi connectivity index (χ3n) is 4.69. The number of aliphatic hydroxyl groups is 2. The van der Waals surface area contributed by atoms with E-state index in [-0.39, 0.29) is 12.6 Å². The minimum Gasteiger partial charge on any atom is -0.463 e. The van der Waals surface area contributed by atoms with Crippen molar-refractivity contribution in [1.29, 1.82) is 0 Å². The third-order valence-corrected chi connectivity index (χ3v) is 4.69. The van der Waals surface area contributed by atoms with Gasteiger partial charge in [0.15, 0.2) is 23.2 Å². The second-order valence-corrected chi connectivity index (χ2v) is 6.60. The van der Waals surface area contributed by atoms with Crippen LogP contribution in [0.15, 0.2) is 12.7 Å². The summed E-state index contributed by atoms with van der Waals surface area (Å²) < 4.78 is 17.5. The van der Waals surface area contributed by atoms with E-state index in [1.165, 1.54) is 24.1 Å². The summed E-state index contributed by atoms with van der Waals surface area (Å²) in [7, 11) is 0. The van der Waals surface area contributed by atoms with Gasteiger partial charge in [-0.25, -0.2) is 15.0 Å². The number of esters is 1. The summed E-state index contributed by atoms with van der Waals surface area (Å²) in [5, 5.41) is 23.9. The van der Waals surface area contributed by atoms with Crippen LogP contribution >= 0.6 is 0 Å². The molecular weight excluding hydrogens is 358 g/mol. The fraction of sp³-hybridized carbons (Fsp3) is 0.625. The van der Waals surface area contributed by atoms with Gasteiger partial charge in [-0.05, 0) is 6.42 Å². The predicted octanol–water partition coefficient (Wildman–Crippen LogP) is -0.791. The molecular formula is C16H21N5O6. The molecule has 0 aliphatic carbocycles. The number of nitrogens with one attached hydrogen (secondary N) is 1. The molecule has 4 heterocycles. The molecule has 2 aliphatic heterocycles. The molecule has 0 radical (unpaired) electrons. The van der Waals surface area contributed by atoms with Crippen molar-refractivity contribution in [3.05, 3.63) is 12.7 Å². The molecule has 2 saturated heterocycles. The van der Waals surface area contributed by atoms with Crippen molar-refractivity contribution in [2.45, 2.75) is 43.9 Å². The van der Waals surface area contributed by atoms with Crippen LogP contribution < -0.4 is 5.32 Å². The quantitative estimate of drug-likeness (QED) is 0.566. The van der Waals surface area contributed by atoms with Crippen LogP contribution in [0.3, 0.4) is 0 Å². The molecule has 2 aliphatic rings. The highest BCUT2D eigenvalue weighted by atomic mass is 16.6. The van der Waals surface area contributed by atoms with Gasteiger partial charge in [0.1, 0.15) is 31.2 Å². The molecule has 3 N–H and O–H groups in total. The molecule has 2 aromatic rings. The summed E-state index contributed by atoms with van der Waals surface area (Å²) in [5.74, 6) is 0.0786. The van der Waals surface area contributed by atoms with Gasteiger partial charge in [-0.2, -0.15) is 0 Å². The largest absolute Gasteiger partial charge is 0.463 e. The second-order valence-electron chi connectivity index (χ2n) is 6.60. The molecule has 2 fully saturated rings. The zero-order valence-corrected chi connectivity index (χ0v) is 14.7. The van der Waals surface area contributed by atoms with Crippen LogP contribution in [-0.4, -0.2) is 79.9 Å². The summed E-state index contributed by atoms with van der Waals surface area (Å²) in [5.41, 5.74) is 0.980. The van der Waals surface area contributed by atoms with Crippen molar-refractivity contribution >= 4 is 23.0 Å². The summed E-state index contributed by atoms with van der Waals surface area (Å²) in [6, 6.07) is 0.150. The second kappa shape index (κ2) is 7.35. The molecule has 5 atom stereocenters. The number of aromatic nitrogens is 4. The molecule has 4 rings (SSSR count). The van der Waals surface area contributed by atoms with Crippen LogP contribution in [0, 0.1) is 0 Å². The van der Waals surface area contributed by atoms with Crippen molar-refractivity contribution in [3.63, 3.8) is 0 Å². The van der Waals surface area contributed by atoms with Gasteiger partial charge in [0.25, 0.3) is 0 Å². The Balaban J connectivity index is 1.57. The zero-order chi connectivity index (χ0) is 19.0. The maximum atomic E-state index is 11.0. The Hall–Kier alpha value is -2.34. The zero-order valence-electron chi connectivity index (χ0n) is 14.7. The molecule has 11 heteroatoms. The fourth-order valence-corrected chi connectivity index (χ4v) is 3.28. The number of rotatable bonds is 5. The average molecular weight is 379 g/mol. The van der Waals surface area contributed by atoms with Gasteiger partial charge < -0.3 is 29.7 Å². The van der Waals surface area contributed by atoms with E-state index in [4.69, 9.17) is 14.2 Å². The lowest BCUT2D eigenvalue weighted by Gasteiger charge is -2.17. The Labute approximate surface area is 154 Å². The van der Waals surface area contributed by atoms with E-state index in [1.807, 2.05) is 0 Å². The fourth-order valence-electron chi connectivity index (χ4n) is 3.28. The highest BCUT2D eigenvalue weighted by Gasteiger charge is 2.44. The Bertz CT molecular complexity index is 823. The van der Waals surface area contributed by atoms with Gasteiger partial charge in [-0.15, -0.1) is 0 Å². The van der Waals surface area contributed by atoms with Crippen LogP contribution in [0.1, 0.15) is 19.6 Å². The first-order chi connectivity index (χ1) is 13.0. The normalized spacial score (nSPS) is 30.7. The van der Waals surface area contributed by atoms with Gasteiger partial charge in [0, 0.05) is 13.5 Å². The Morgan fingerprint density at radius 1 is 1.37 bits per heavy atom. The first-order valence-corrected chi connectivity index (χ1v) is 8.71. The molecule has 146 valence electrons. The van der Waals surface area contributed by atoms with E-state index in [1.54, 1.807) is 0 Å². The van der Waals surface area contributed by atoms with Gasteiger partial charge in [-0.1, -0.05) is 0 Å². The minimum atomic E-state index is -1.22. The smallest absolute Gasteiger partial charge is 0.302 e. The monoisotopic (exact) mass is 379 g/mol. The summed E-state index contributed by atoms with van der Waals surface area (Å²) >= 11 is 0. The number of ether oxygens (including phenoxy) is 3. The lowest BCUT2D eigenvalue weighted by molar-refractivity contribution is -0.147. The Kier molecular flexibility index (Phi) is 4.91. The Morgan fingerprint density at radius 2 is 2.22 bits per heavy atom. The van der Waals surface area contributed by atoms with Crippen molar-refractivity contribution < 1.29 is 29.2 Å². The first-order valence-electron chi connectivity index (χ1n) is 8.71. The molecule has 0 bridgehead atoms. The number of anilines is 1. The van der Waals surface area contributed by atoms with Gasteiger partial charge in [0.2, 0.25) is 0 Å². The van der Waals surface area contributed by atoms with Gasteiger partial charge in [0.05, 0.1) is 19.0 Å². The summed E-state index contributed by atoms with van der Waals surface area (Å²) in [4.78, 5) is 23.8. The van der Waals surface area contributed by atoms with Crippen molar-refractivity contribution in [2.24, 2.45) is 0 Å². The number of fused-ring (bicyclic) bond motifs is 1. The number of aliphatic hydroxyl groups excluding tert-OH is 2. The highest BCUT2D eigenvalue weighted by Crippen LogP contribution is 2.32. The maximum absolute atomic E-state index is 11.0. The molecule has 0 amide bonds. The number of hydrogen-bond donors (Lipinski definition) is 3. The number of hydrogen-bond acceptors (Lipinski definition) is 10. The van der Waals surface area contributed by atoms with E-state index in [2.05, 4.69) is 20.3 Å². The SMILES string of the molecule is CC(=O)OC[C@H]1OC(n2cnc3c(NC4CCOC4)ncnc32)[C@H](O)[C@@H]1O. The molecule has 0 saturated carbocycles. The Morgan fingerprint density at radius 3 is 2.96 bits per heavy atom. The molecule has 0 aromatic carbocycles. The van der Waals surface area contributed by atoms with E-state index in [9.17, 15) is 15.0 Å². The molecule has 0 spiro atoms. The van der Waals surface area contributed by atoms with Crippen molar-refractivity contribution in [2.75, 3.05) is 25.1 Å². The van der Waals surface area contributed by atoms with Crippen LogP contribution in [0.25, 0.3) is 11.2 Å². The minimum absolute atomic E-state index is 0.150. The van der Waals surface area contributed by atoms with E-state index < -0.39 is 30.5 Å². The number of nitrogens with zero attached hydrogens (tertiary/aromatic N) is 4. The summed E-state index contributed by atoms with van der Waals surface area (Å²) in [6.45, 7) is 2.41. The van der Waals surface area contributed by atoms with Crippen LogP contribution in [0.2, 0.25) is 0 Å². The lowest BCUT2D eigenvalue weighted by Crippen LogP contribution is -2.34. The number of carbonyl (C=O) groups is 1.